The number of imidazole rings is 1. The molecule has 94 valence electrons. The molecule has 4 nitrogen and oxygen atoms in total. The summed E-state index contributed by atoms with van der Waals surface area (Å²) >= 11 is 0. The standard InChI is InChI=1S/C13H21N3O/c1-16-9-8-15-13(16)7-6-12(17)10-4-2-3-5-11(10)14/h8-11H,2-7,14H2,1H3. The Morgan fingerprint density at radius 3 is 2.94 bits per heavy atom. The summed E-state index contributed by atoms with van der Waals surface area (Å²) in [6.45, 7) is 0. The van der Waals surface area contributed by atoms with Gasteiger partial charge in [0.2, 0.25) is 0 Å². The summed E-state index contributed by atoms with van der Waals surface area (Å²) in [5.74, 6) is 1.38. The first-order valence-electron chi connectivity index (χ1n) is 6.43. The normalized spacial score (nSPS) is 24.8. The molecule has 0 bridgehead atoms. The smallest absolute Gasteiger partial charge is 0.137 e. The molecule has 1 saturated carbocycles. The quantitative estimate of drug-likeness (QED) is 0.859. The van der Waals surface area contributed by atoms with Gasteiger partial charge in [-0.15, -0.1) is 0 Å². The number of rotatable bonds is 4. The monoisotopic (exact) mass is 235 g/mol. The molecule has 2 rings (SSSR count). The van der Waals surface area contributed by atoms with Crippen LogP contribution in [0.3, 0.4) is 0 Å². The fourth-order valence-electron chi connectivity index (χ4n) is 2.62. The van der Waals surface area contributed by atoms with E-state index in [1.54, 1.807) is 6.20 Å². The summed E-state index contributed by atoms with van der Waals surface area (Å²) in [6.07, 6.45) is 9.27. The van der Waals surface area contributed by atoms with Crippen LogP contribution in [-0.4, -0.2) is 21.4 Å². The number of aryl methyl sites for hydroxylation is 2. The van der Waals surface area contributed by atoms with E-state index in [1.165, 1.54) is 6.42 Å². The van der Waals surface area contributed by atoms with Crippen LogP contribution in [0.15, 0.2) is 12.4 Å². The van der Waals surface area contributed by atoms with E-state index in [9.17, 15) is 4.79 Å². The van der Waals surface area contributed by atoms with Crippen molar-refractivity contribution >= 4 is 5.78 Å². The van der Waals surface area contributed by atoms with Gasteiger partial charge in [-0.1, -0.05) is 12.8 Å². The summed E-state index contributed by atoms with van der Waals surface area (Å²) in [5, 5.41) is 0. The van der Waals surface area contributed by atoms with Crippen LogP contribution in [0.4, 0.5) is 0 Å². The Bertz CT molecular complexity index is 386. The fourth-order valence-corrected chi connectivity index (χ4v) is 2.62. The number of Topliss-reactive ketones (excluding diaryl/α,β-unsaturated/α-hetero) is 1. The number of nitrogens with two attached hydrogens (primary N) is 1. The number of hydrogen-bond donors (Lipinski definition) is 1. The summed E-state index contributed by atoms with van der Waals surface area (Å²) in [5.41, 5.74) is 6.02. The van der Waals surface area contributed by atoms with Crippen molar-refractivity contribution in [2.45, 2.75) is 44.6 Å². The Morgan fingerprint density at radius 1 is 1.53 bits per heavy atom. The van der Waals surface area contributed by atoms with E-state index in [1.807, 2.05) is 17.8 Å². The van der Waals surface area contributed by atoms with Gasteiger partial charge < -0.3 is 10.3 Å². The molecule has 0 aromatic carbocycles. The van der Waals surface area contributed by atoms with Gasteiger partial charge >= 0.3 is 0 Å². The summed E-state index contributed by atoms with van der Waals surface area (Å²) in [4.78, 5) is 16.3. The third-order valence-electron chi connectivity index (χ3n) is 3.75. The third kappa shape index (κ3) is 2.94. The molecule has 1 aliphatic rings. The minimum Gasteiger partial charge on any atom is -0.338 e. The molecule has 0 amide bonds. The Morgan fingerprint density at radius 2 is 2.29 bits per heavy atom. The van der Waals surface area contributed by atoms with Crippen LogP contribution in [0.5, 0.6) is 0 Å². The lowest BCUT2D eigenvalue weighted by molar-refractivity contribution is -0.124. The molecule has 1 heterocycles. The van der Waals surface area contributed by atoms with Crippen LogP contribution in [0, 0.1) is 5.92 Å². The topological polar surface area (TPSA) is 60.9 Å². The maximum atomic E-state index is 12.1. The molecule has 0 aliphatic heterocycles. The van der Waals surface area contributed by atoms with E-state index < -0.39 is 0 Å². The van der Waals surface area contributed by atoms with Gasteiger partial charge in [0.1, 0.15) is 11.6 Å². The third-order valence-corrected chi connectivity index (χ3v) is 3.75. The van der Waals surface area contributed by atoms with Crippen LogP contribution in [0.2, 0.25) is 0 Å². The molecule has 1 aliphatic carbocycles. The van der Waals surface area contributed by atoms with Crippen LogP contribution in [0.1, 0.15) is 37.9 Å². The molecule has 2 N–H and O–H groups in total. The van der Waals surface area contributed by atoms with Gasteiger partial charge in [-0.05, 0) is 12.8 Å². The second-order valence-electron chi connectivity index (χ2n) is 4.98. The summed E-state index contributed by atoms with van der Waals surface area (Å²) in [7, 11) is 1.96. The van der Waals surface area contributed by atoms with Gasteiger partial charge in [-0.2, -0.15) is 0 Å². The highest BCUT2D eigenvalue weighted by Gasteiger charge is 2.27. The van der Waals surface area contributed by atoms with Crippen molar-refractivity contribution < 1.29 is 4.79 Å². The first-order chi connectivity index (χ1) is 8.18. The average molecular weight is 235 g/mol. The van der Waals surface area contributed by atoms with E-state index in [4.69, 9.17) is 5.73 Å². The molecular weight excluding hydrogens is 214 g/mol. The van der Waals surface area contributed by atoms with Crippen LogP contribution >= 0.6 is 0 Å². The SMILES string of the molecule is Cn1ccnc1CCC(=O)C1CCCCC1N. The van der Waals surface area contributed by atoms with Gasteiger partial charge in [0.25, 0.3) is 0 Å². The summed E-state index contributed by atoms with van der Waals surface area (Å²) < 4.78 is 1.97. The van der Waals surface area contributed by atoms with Gasteiger partial charge in [-0.3, -0.25) is 4.79 Å². The van der Waals surface area contributed by atoms with Crippen LogP contribution in [0.25, 0.3) is 0 Å². The van der Waals surface area contributed by atoms with Crippen molar-refractivity contribution in [1.29, 1.82) is 0 Å². The van der Waals surface area contributed by atoms with E-state index >= 15 is 0 Å². The minimum atomic E-state index is 0.0811. The lowest BCUT2D eigenvalue weighted by atomic mass is 9.81. The first-order valence-corrected chi connectivity index (χ1v) is 6.43. The molecule has 2 unspecified atom stereocenters. The molecule has 1 aromatic rings. The molecule has 0 spiro atoms. The van der Waals surface area contributed by atoms with E-state index in [0.29, 0.717) is 12.2 Å². The highest BCUT2D eigenvalue weighted by atomic mass is 16.1. The van der Waals surface area contributed by atoms with Crippen molar-refractivity contribution in [3.63, 3.8) is 0 Å². The lowest BCUT2D eigenvalue weighted by Gasteiger charge is -2.27. The number of nitrogens with zero attached hydrogens (tertiary/aromatic N) is 2. The van der Waals surface area contributed by atoms with Crippen molar-refractivity contribution in [3.8, 4) is 0 Å². The molecular formula is C13H21N3O. The number of aromatic nitrogens is 2. The number of ketones is 1. The molecule has 4 heteroatoms. The molecule has 2 atom stereocenters. The second kappa shape index (κ2) is 5.45. The molecule has 1 aromatic heterocycles. The highest BCUT2D eigenvalue weighted by molar-refractivity contribution is 5.81. The zero-order chi connectivity index (χ0) is 12.3. The van der Waals surface area contributed by atoms with Gasteiger partial charge in [-0.25, -0.2) is 4.98 Å². The maximum absolute atomic E-state index is 12.1. The van der Waals surface area contributed by atoms with Gasteiger partial charge in [0.05, 0.1) is 0 Å². The van der Waals surface area contributed by atoms with Crippen molar-refractivity contribution in [2.24, 2.45) is 18.7 Å². The fraction of sp³-hybridized carbons (Fsp3) is 0.692. The predicted octanol–water partition coefficient (Wildman–Crippen LogP) is 1.44. The lowest BCUT2D eigenvalue weighted by Crippen LogP contribution is -2.38. The Labute approximate surface area is 102 Å². The number of carbonyl (C=O) groups is 1. The Balaban J connectivity index is 1.86. The van der Waals surface area contributed by atoms with E-state index in [-0.39, 0.29) is 12.0 Å². The zero-order valence-corrected chi connectivity index (χ0v) is 10.4. The van der Waals surface area contributed by atoms with E-state index in [2.05, 4.69) is 4.98 Å². The predicted molar refractivity (Wildman–Crippen MR) is 66.5 cm³/mol. The first kappa shape index (κ1) is 12.3. The second-order valence-corrected chi connectivity index (χ2v) is 4.98. The molecule has 0 radical (unpaired) electrons. The van der Waals surface area contributed by atoms with Gasteiger partial charge in [0.15, 0.2) is 0 Å². The highest BCUT2D eigenvalue weighted by Crippen LogP contribution is 2.25. The minimum absolute atomic E-state index is 0.0811. The van der Waals surface area contributed by atoms with Crippen LogP contribution < -0.4 is 5.73 Å². The molecule has 17 heavy (non-hydrogen) atoms. The van der Waals surface area contributed by atoms with E-state index in [0.717, 1.165) is 31.5 Å². The van der Waals surface area contributed by atoms with Gasteiger partial charge in [0, 0.05) is 44.2 Å². The van der Waals surface area contributed by atoms with Crippen molar-refractivity contribution in [3.05, 3.63) is 18.2 Å². The molecule has 0 saturated heterocycles. The Hall–Kier alpha value is -1.16. The largest absolute Gasteiger partial charge is 0.338 e. The number of hydrogen-bond acceptors (Lipinski definition) is 3. The maximum Gasteiger partial charge on any atom is 0.137 e. The average Bonchev–Trinajstić information content (AvgIpc) is 2.72. The van der Waals surface area contributed by atoms with Crippen LogP contribution in [-0.2, 0) is 18.3 Å². The molecule has 1 fully saturated rings. The summed E-state index contributed by atoms with van der Waals surface area (Å²) in [6, 6.07) is 0.0811. The number of carbonyl (C=O) groups excluding carboxylic acids is 1. The Kier molecular flexibility index (Phi) is 3.94. The zero-order valence-electron chi connectivity index (χ0n) is 10.4. The van der Waals surface area contributed by atoms with Crippen molar-refractivity contribution in [1.82, 2.24) is 9.55 Å². The van der Waals surface area contributed by atoms with Crippen molar-refractivity contribution in [2.75, 3.05) is 0 Å².